The molecule has 0 saturated heterocycles. The van der Waals surface area contributed by atoms with Crippen LogP contribution < -0.4 is 5.32 Å². The molecular formula is C17H16N4O. The van der Waals surface area contributed by atoms with Crippen molar-refractivity contribution in [1.29, 1.82) is 15.8 Å². The van der Waals surface area contributed by atoms with Crippen LogP contribution in [0, 0.1) is 34.0 Å². The van der Waals surface area contributed by atoms with Gasteiger partial charge in [0.25, 0.3) is 0 Å². The van der Waals surface area contributed by atoms with Gasteiger partial charge < -0.3 is 5.32 Å². The summed E-state index contributed by atoms with van der Waals surface area (Å²) >= 11 is 0. The smallest absolute Gasteiger partial charge is 0.163 e. The van der Waals surface area contributed by atoms with Crippen molar-refractivity contribution in [2.75, 3.05) is 5.32 Å². The van der Waals surface area contributed by atoms with E-state index in [0.717, 1.165) is 5.56 Å². The maximum Gasteiger partial charge on any atom is 0.163 e. The number of rotatable bonds is 3. The van der Waals surface area contributed by atoms with E-state index in [1.54, 1.807) is 30.3 Å². The summed E-state index contributed by atoms with van der Waals surface area (Å²) in [7, 11) is 0. The molecule has 0 spiro atoms. The summed E-state index contributed by atoms with van der Waals surface area (Å²) in [4.78, 5) is 11.7. The highest BCUT2D eigenvalue weighted by molar-refractivity contribution is 6.00. The molecule has 0 heterocycles. The lowest BCUT2D eigenvalue weighted by atomic mass is 9.86. The summed E-state index contributed by atoms with van der Waals surface area (Å²) in [6, 6.07) is 10.4. The Labute approximate surface area is 130 Å². The fourth-order valence-electron chi connectivity index (χ4n) is 1.84. The van der Waals surface area contributed by atoms with Gasteiger partial charge in [-0.2, -0.15) is 15.8 Å². The van der Waals surface area contributed by atoms with E-state index in [4.69, 9.17) is 15.8 Å². The van der Waals surface area contributed by atoms with E-state index in [9.17, 15) is 4.79 Å². The number of benzene rings is 1. The molecule has 0 saturated carbocycles. The number of allylic oxidation sites excluding steroid dienone is 2. The first kappa shape index (κ1) is 17.0. The van der Waals surface area contributed by atoms with Crippen molar-refractivity contribution in [3.8, 4) is 18.2 Å². The normalized spacial score (nSPS) is 9.86. The third kappa shape index (κ3) is 3.72. The number of nitrogens with zero attached hydrogens (tertiary/aromatic N) is 3. The number of Topliss-reactive ketones (excluding diaryl/α,β-unsaturated/α-hetero) is 1. The Hall–Kier alpha value is -3.10. The van der Waals surface area contributed by atoms with Gasteiger partial charge in [0.15, 0.2) is 11.4 Å². The zero-order valence-electron chi connectivity index (χ0n) is 13.0. The van der Waals surface area contributed by atoms with Crippen LogP contribution in [-0.2, 0) is 5.41 Å². The number of nitriles is 3. The molecule has 0 aliphatic heterocycles. The highest BCUT2D eigenvalue weighted by Crippen LogP contribution is 2.28. The number of carbonyl (C=O) groups excluding carboxylic acids is 1. The van der Waals surface area contributed by atoms with Crippen molar-refractivity contribution in [2.24, 2.45) is 0 Å². The van der Waals surface area contributed by atoms with Crippen LogP contribution in [0.3, 0.4) is 0 Å². The molecule has 0 atom stereocenters. The molecule has 0 aromatic heterocycles. The second-order valence-corrected chi connectivity index (χ2v) is 5.78. The maximum atomic E-state index is 11.7. The quantitative estimate of drug-likeness (QED) is 0.679. The molecule has 5 heteroatoms. The molecule has 1 N–H and O–H groups in total. The van der Waals surface area contributed by atoms with Crippen molar-refractivity contribution in [3.63, 3.8) is 0 Å². The van der Waals surface area contributed by atoms with E-state index >= 15 is 0 Å². The largest absolute Gasteiger partial charge is 0.345 e. The van der Waals surface area contributed by atoms with E-state index < -0.39 is 0 Å². The predicted molar refractivity (Wildman–Crippen MR) is 82.6 cm³/mol. The Morgan fingerprint density at radius 2 is 1.68 bits per heavy atom. The van der Waals surface area contributed by atoms with Gasteiger partial charge in [-0.25, -0.2) is 0 Å². The van der Waals surface area contributed by atoms with Crippen molar-refractivity contribution >= 4 is 11.5 Å². The van der Waals surface area contributed by atoms with Gasteiger partial charge in [-0.1, -0.05) is 26.8 Å². The lowest BCUT2D eigenvalue weighted by Gasteiger charge is -2.21. The van der Waals surface area contributed by atoms with E-state index in [-0.39, 0.29) is 22.5 Å². The van der Waals surface area contributed by atoms with Gasteiger partial charge in [0, 0.05) is 5.56 Å². The van der Waals surface area contributed by atoms with Crippen molar-refractivity contribution in [3.05, 3.63) is 40.6 Å². The Bertz CT molecular complexity index is 746. The Kier molecular flexibility index (Phi) is 5.06. The molecule has 0 fully saturated rings. The van der Waals surface area contributed by atoms with Crippen LogP contribution in [-0.4, -0.2) is 5.78 Å². The minimum absolute atomic E-state index is 0.143. The first-order chi connectivity index (χ1) is 10.2. The maximum absolute atomic E-state index is 11.7. The van der Waals surface area contributed by atoms with Crippen LogP contribution >= 0.6 is 0 Å². The summed E-state index contributed by atoms with van der Waals surface area (Å²) in [5.41, 5.74) is 1.15. The van der Waals surface area contributed by atoms with E-state index in [2.05, 4.69) is 5.32 Å². The third-order valence-electron chi connectivity index (χ3n) is 3.11. The predicted octanol–water partition coefficient (Wildman–Crippen LogP) is 3.42. The fraction of sp³-hybridized carbons (Fsp3) is 0.294. The lowest BCUT2D eigenvalue weighted by molar-refractivity contribution is 0.101. The molecule has 1 aromatic rings. The van der Waals surface area contributed by atoms with Crippen LogP contribution in [0.25, 0.3) is 0 Å². The minimum Gasteiger partial charge on any atom is -0.345 e. The average molecular weight is 292 g/mol. The van der Waals surface area contributed by atoms with Crippen molar-refractivity contribution in [2.45, 2.75) is 33.1 Å². The van der Waals surface area contributed by atoms with Gasteiger partial charge in [0.1, 0.15) is 23.9 Å². The zero-order valence-corrected chi connectivity index (χ0v) is 13.0. The highest BCUT2D eigenvalue weighted by atomic mass is 16.1. The number of ketones is 1. The van der Waals surface area contributed by atoms with Crippen LogP contribution in [0.1, 0.15) is 43.6 Å². The molecule has 0 aliphatic carbocycles. The number of anilines is 1. The summed E-state index contributed by atoms with van der Waals surface area (Å²) in [6.45, 7) is 7.49. The summed E-state index contributed by atoms with van der Waals surface area (Å²) in [6.07, 6.45) is 0. The lowest BCUT2D eigenvalue weighted by Crippen LogP contribution is -2.13. The van der Waals surface area contributed by atoms with Crippen LogP contribution in [0.4, 0.5) is 5.69 Å². The molecule has 0 aliphatic rings. The van der Waals surface area contributed by atoms with E-state index in [1.165, 1.54) is 6.92 Å². The Morgan fingerprint density at radius 3 is 2.09 bits per heavy atom. The second kappa shape index (κ2) is 6.57. The van der Waals surface area contributed by atoms with Gasteiger partial charge in [-0.15, -0.1) is 0 Å². The molecule has 0 amide bonds. The van der Waals surface area contributed by atoms with Crippen LogP contribution in [0.15, 0.2) is 29.5 Å². The minimum atomic E-state index is -0.321. The third-order valence-corrected chi connectivity index (χ3v) is 3.11. The molecule has 110 valence electrons. The fourth-order valence-corrected chi connectivity index (χ4v) is 1.84. The summed E-state index contributed by atoms with van der Waals surface area (Å²) in [5, 5.41) is 29.6. The van der Waals surface area contributed by atoms with Gasteiger partial charge >= 0.3 is 0 Å². The van der Waals surface area contributed by atoms with Crippen molar-refractivity contribution < 1.29 is 4.79 Å². The van der Waals surface area contributed by atoms with Crippen LogP contribution in [0.2, 0.25) is 0 Å². The van der Waals surface area contributed by atoms with E-state index in [1.807, 2.05) is 26.8 Å². The highest BCUT2D eigenvalue weighted by Gasteiger charge is 2.18. The molecular weight excluding hydrogens is 276 g/mol. The molecule has 0 radical (unpaired) electrons. The number of hydrogen-bond acceptors (Lipinski definition) is 5. The first-order valence-electron chi connectivity index (χ1n) is 6.61. The zero-order chi connectivity index (χ0) is 16.9. The SMILES string of the molecule is CC(=O)c1ccc(C(C)(C)C)cc1NC(C#N)=C(C#N)C#N. The molecule has 5 nitrogen and oxygen atoms in total. The van der Waals surface area contributed by atoms with Gasteiger partial charge in [0.05, 0.1) is 5.69 Å². The van der Waals surface area contributed by atoms with Gasteiger partial charge in [-0.3, -0.25) is 4.79 Å². The molecule has 0 unspecified atom stereocenters. The average Bonchev–Trinajstić information content (AvgIpc) is 2.45. The summed E-state index contributed by atoms with van der Waals surface area (Å²) < 4.78 is 0. The molecule has 1 aromatic carbocycles. The molecule has 0 bridgehead atoms. The van der Waals surface area contributed by atoms with Gasteiger partial charge in [0.2, 0.25) is 0 Å². The van der Waals surface area contributed by atoms with E-state index in [0.29, 0.717) is 11.3 Å². The molecule has 1 rings (SSSR count). The van der Waals surface area contributed by atoms with Crippen molar-refractivity contribution in [1.82, 2.24) is 0 Å². The number of nitrogens with one attached hydrogen (secondary N) is 1. The number of carbonyl (C=O) groups is 1. The standard InChI is InChI=1S/C17H16N4O/c1-11(22)14-6-5-13(17(2,3)4)7-15(14)21-16(10-20)12(8-18)9-19/h5-7,21H,1-4H3. The second-order valence-electron chi connectivity index (χ2n) is 5.78. The van der Waals surface area contributed by atoms with Gasteiger partial charge in [-0.05, 0) is 30.0 Å². The summed E-state index contributed by atoms with van der Waals surface area (Å²) in [5.74, 6) is -0.171. The van der Waals surface area contributed by atoms with Crippen LogP contribution in [0.5, 0.6) is 0 Å². The molecule has 22 heavy (non-hydrogen) atoms. The Morgan fingerprint density at radius 1 is 1.09 bits per heavy atom. The topological polar surface area (TPSA) is 100 Å². The first-order valence-corrected chi connectivity index (χ1v) is 6.61. The Balaban J connectivity index is 3.49. The number of hydrogen-bond donors (Lipinski definition) is 1. The monoisotopic (exact) mass is 292 g/mol.